The Morgan fingerprint density at radius 1 is 1.09 bits per heavy atom. The minimum Gasteiger partial charge on any atom is -0.472 e. The average molecular weight is 607 g/mol. The monoisotopic (exact) mass is 606 g/mol. The summed E-state index contributed by atoms with van der Waals surface area (Å²) in [6.45, 7) is 5.50. The molecule has 4 aromatic rings. The topological polar surface area (TPSA) is 105 Å². The predicted octanol–water partition coefficient (Wildman–Crippen LogP) is 7.37. The molecule has 0 saturated heterocycles. The van der Waals surface area contributed by atoms with Crippen molar-refractivity contribution < 1.29 is 17.7 Å². The molecule has 4 atom stereocenters. The molecule has 0 amide bonds. The van der Waals surface area contributed by atoms with Crippen molar-refractivity contribution in [1.82, 2.24) is 19.5 Å². The standard InChI is InChI=1S/C32H36F2N6O2S/c1-32(2,3)43(41)39-28(29(33)34)22-13-15-24(16-14-22)37-30-27-26(40(38-30)25-12-8-7-11-23(25)19-35)17-18-36-31(27)42-20-21-9-5-4-6-10-21/h4-6,9-10,13-18,23,25,28-29,39H,7-8,11-12,20H2,1-3H3,(H,37,38). The molecule has 4 unspecified atom stereocenters. The molecule has 5 rings (SSSR count). The lowest BCUT2D eigenvalue weighted by molar-refractivity contribution is 0.109. The van der Waals surface area contributed by atoms with Gasteiger partial charge in [-0.05, 0) is 62.9 Å². The number of halogens is 2. The quantitative estimate of drug-likeness (QED) is 0.195. The number of anilines is 2. The molecular formula is C32H36F2N6O2S. The van der Waals surface area contributed by atoms with Gasteiger partial charge in [-0.3, -0.25) is 4.68 Å². The largest absolute Gasteiger partial charge is 0.472 e. The van der Waals surface area contributed by atoms with E-state index in [0.29, 0.717) is 34.9 Å². The van der Waals surface area contributed by atoms with Gasteiger partial charge in [0.15, 0.2) is 5.82 Å². The summed E-state index contributed by atoms with van der Waals surface area (Å²) in [5.41, 5.74) is 2.74. The first-order valence-corrected chi connectivity index (χ1v) is 15.6. The lowest BCUT2D eigenvalue weighted by atomic mass is 9.85. The molecule has 1 fully saturated rings. The lowest BCUT2D eigenvalue weighted by Crippen LogP contribution is -2.38. The number of nitrogens with one attached hydrogen (secondary N) is 2. The van der Waals surface area contributed by atoms with Gasteiger partial charge in [-0.1, -0.05) is 55.3 Å². The number of hydrogen-bond donors (Lipinski definition) is 2. The van der Waals surface area contributed by atoms with Crippen LogP contribution in [0.25, 0.3) is 10.9 Å². The number of nitriles is 1. The SMILES string of the molecule is CC(C)(C)S(=O)NC(c1ccc(Nc2nn(C3CCCCC3C#N)c3ccnc(OCc4ccccc4)c23)cc1)C(F)F. The summed E-state index contributed by atoms with van der Waals surface area (Å²) in [6, 6.07) is 19.2. The molecule has 43 heavy (non-hydrogen) atoms. The molecule has 226 valence electrons. The molecule has 0 spiro atoms. The zero-order valence-electron chi connectivity index (χ0n) is 24.5. The van der Waals surface area contributed by atoms with E-state index < -0.39 is 28.2 Å². The summed E-state index contributed by atoms with van der Waals surface area (Å²) >= 11 is 0. The number of nitrogens with zero attached hydrogens (tertiary/aromatic N) is 4. The number of pyridine rings is 1. The van der Waals surface area contributed by atoms with Gasteiger partial charge in [0.05, 0.1) is 39.3 Å². The highest BCUT2D eigenvalue weighted by atomic mass is 32.2. The van der Waals surface area contributed by atoms with E-state index in [1.807, 2.05) is 41.1 Å². The number of alkyl halides is 2. The summed E-state index contributed by atoms with van der Waals surface area (Å²) in [5.74, 6) is 0.740. The van der Waals surface area contributed by atoms with Crippen molar-refractivity contribution in [2.24, 2.45) is 5.92 Å². The van der Waals surface area contributed by atoms with Crippen molar-refractivity contribution in [2.45, 2.75) is 76.3 Å². The first-order valence-electron chi connectivity index (χ1n) is 14.4. The second-order valence-electron chi connectivity index (χ2n) is 11.7. The zero-order valence-corrected chi connectivity index (χ0v) is 25.3. The number of fused-ring (bicyclic) bond motifs is 1. The van der Waals surface area contributed by atoms with Crippen molar-refractivity contribution in [2.75, 3.05) is 5.32 Å². The van der Waals surface area contributed by atoms with Crippen LogP contribution in [0.1, 0.15) is 69.7 Å². The Balaban J connectivity index is 1.48. The summed E-state index contributed by atoms with van der Waals surface area (Å²) in [7, 11) is -1.67. The molecule has 2 aromatic carbocycles. The molecule has 0 bridgehead atoms. The molecule has 1 aliphatic rings. The Kier molecular flexibility index (Phi) is 9.37. The maximum absolute atomic E-state index is 14.0. The minimum atomic E-state index is -2.75. The van der Waals surface area contributed by atoms with Gasteiger partial charge < -0.3 is 10.1 Å². The van der Waals surface area contributed by atoms with Gasteiger partial charge >= 0.3 is 0 Å². The first kappa shape index (κ1) is 30.6. The molecule has 11 heteroatoms. The maximum Gasteiger partial charge on any atom is 0.258 e. The zero-order chi connectivity index (χ0) is 30.6. The summed E-state index contributed by atoms with van der Waals surface area (Å²) < 4.78 is 50.5. The van der Waals surface area contributed by atoms with Crippen LogP contribution in [-0.2, 0) is 17.6 Å². The molecule has 1 saturated carbocycles. The van der Waals surface area contributed by atoms with Crippen molar-refractivity contribution in [3.8, 4) is 11.9 Å². The van der Waals surface area contributed by atoms with Crippen molar-refractivity contribution in [3.05, 3.63) is 78.0 Å². The van der Waals surface area contributed by atoms with E-state index in [-0.39, 0.29) is 12.0 Å². The third-order valence-corrected chi connectivity index (χ3v) is 9.17. The molecule has 0 radical (unpaired) electrons. The molecule has 1 aliphatic carbocycles. The molecule has 0 aliphatic heterocycles. The third-order valence-electron chi connectivity index (χ3n) is 7.59. The molecule has 2 aromatic heterocycles. The first-order chi connectivity index (χ1) is 20.7. The van der Waals surface area contributed by atoms with Crippen LogP contribution in [0.5, 0.6) is 5.88 Å². The second kappa shape index (κ2) is 13.2. The van der Waals surface area contributed by atoms with Gasteiger partial charge in [-0.2, -0.15) is 10.4 Å². The fourth-order valence-electron chi connectivity index (χ4n) is 5.26. The Morgan fingerprint density at radius 2 is 1.81 bits per heavy atom. The van der Waals surface area contributed by atoms with E-state index in [0.717, 1.165) is 36.8 Å². The highest BCUT2D eigenvalue weighted by molar-refractivity contribution is 7.84. The Hall–Kier alpha value is -3.88. The Bertz CT molecular complexity index is 1600. The van der Waals surface area contributed by atoms with Crippen LogP contribution in [0.15, 0.2) is 66.9 Å². The lowest BCUT2D eigenvalue weighted by Gasteiger charge is -2.27. The normalized spacial score (nSPS) is 18.7. The number of benzene rings is 2. The summed E-state index contributed by atoms with van der Waals surface area (Å²) in [4.78, 5) is 4.52. The van der Waals surface area contributed by atoms with E-state index in [1.165, 1.54) is 0 Å². The smallest absolute Gasteiger partial charge is 0.258 e. The number of ether oxygens (including phenoxy) is 1. The Labute approximate surface area is 253 Å². The molecule has 8 nitrogen and oxygen atoms in total. The van der Waals surface area contributed by atoms with Gasteiger partial charge in [-0.25, -0.2) is 22.7 Å². The van der Waals surface area contributed by atoms with Crippen LogP contribution in [0, 0.1) is 17.2 Å². The van der Waals surface area contributed by atoms with Gasteiger partial charge in [0.25, 0.3) is 6.43 Å². The third kappa shape index (κ3) is 7.03. The van der Waals surface area contributed by atoms with E-state index >= 15 is 0 Å². The fourth-order valence-corrected chi connectivity index (χ4v) is 6.08. The van der Waals surface area contributed by atoms with Crippen LogP contribution in [0.2, 0.25) is 0 Å². The van der Waals surface area contributed by atoms with Crippen molar-refractivity contribution in [1.29, 1.82) is 5.26 Å². The predicted molar refractivity (Wildman–Crippen MR) is 164 cm³/mol. The molecule has 2 heterocycles. The van der Waals surface area contributed by atoms with E-state index in [9.17, 15) is 18.3 Å². The molecule has 2 N–H and O–H groups in total. The van der Waals surface area contributed by atoms with E-state index in [2.05, 4.69) is 21.1 Å². The molecular weight excluding hydrogens is 570 g/mol. The van der Waals surface area contributed by atoms with Crippen LogP contribution < -0.4 is 14.8 Å². The van der Waals surface area contributed by atoms with E-state index in [1.54, 1.807) is 51.2 Å². The minimum absolute atomic E-state index is 0.0925. The maximum atomic E-state index is 14.0. The van der Waals surface area contributed by atoms with Crippen molar-refractivity contribution >= 4 is 33.4 Å². The number of hydrogen-bond acceptors (Lipinski definition) is 6. The second-order valence-corrected chi connectivity index (χ2v) is 13.7. The van der Waals surface area contributed by atoms with Gasteiger partial charge in [0.2, 0.25) is 5.88 Å². The van der Waals surface area contributed by atoms with Crippen molar-refractivity contribution in [3.63, 3.8) is 0 Å². The average Bonchev–Trinajstić information content (AvgIpc) is 3.37. The summed E-state index contributed by atoms with van der Waals surface area (Å²) in [6.07, 6.45) is 2.61. The van der Waals surface area contributed by atoms with E-state index in [4.69, 9.17) is 9.84 Å². The van der Waals surface area contributed by atoms with Crippen LogP contribution in [0.4, 0.5) is 20.3 Å². The Morgan fingerprint density at radius 3 is 2.49 bits per heavy atom. The highest BCUT2D eigenvalue weighted by Gasteiger charge is 2.31. The number of rotatable bonds is 10. The van der Waals surface area contributed by atoms with Crippen LogP contribution in [0.3, 0.4) is 0 Å². The summed E-state index contributed by atoms with van der Waals surface area (Å²) in [5, 5.41) is 18.8. The van der Waals surface area contributed by atoms with Gasteiger partial charge in [0.1, 0.15) is 18.0 Å². The van der Waals surface area contributed by atoms with Gasteiger partial charge in [-0.15, -0.1) is 0 Å². The highest BCUT2D eigenvalue weighted by Crippen LogP contribution is 2.40. The number of aromatic nitrogens is 3. The van der Waals surface area contributed by atoms with Gasteiger partial charge in [0, 0.05) is 11.9 Å². The van der Waals surface area contributed by atoms with Crippen LogP contribution in [-0.4, -0.2) is 30.1 Å². The fraction of sp³-hybridized carbons (Fsp3) is 0.406. The van der Waals surface area contributed by atoms with Crippen LogP contribution >= 0.6 is 0 Å².